The second-order valence-electron chi connectivity index (χ2n) is 4.31. The average molecular weight is 301 g/mol. The zero-order valence-corrected chi connectivity index (χ0v) is 12.4. The minimum atomic E-state index is -3.41. The quantitative estimate of drug-likeness (QED) is 0.898. The van der Waals surface area contributed by atoms with Crippen LogP contribution in [0.1, 0.15) is 24.5 Å². The molecule has 0 aliphatic carbocycles. The van der Waals surface area contributed by atoms with Crippen molar-refractivity contribution in [2.24, 2.45) is 0 Å². The largest absolute Gasteiger partial charge is 0.464 e. The summed E-state index contributed by atoms with van der Waals surface area (Å²) in [4.78, 5) is 0.0487. The van der Waals surface area contributed by atoms with Gasteiger partial charge in [-0.3, -0.25) is 0 Å². The van der Waals surface area contributed by atoms with Gasteiger partial charge in [0.15, 0.2) is 15.7 Å². The van der Waals surface area contributed by atoms with E-state index in [1.165, 1.54) is 0 Å². The van der Waals surface area contributed by atoms with Crippen LogP contribution in [-0.4, -0.2) is 19.0 Å². The number of hydrogen-bond acceptors (Lipinski definition) is 7. The normalized spacial score (nSPS) is 13.4. The molecule has 0 aromatic carbocycles. The maximum absolute atomic E-state index is 11.7. The lowest BCUT2D eigenvalue weighted by molar-refractivity contribution is 0.467. The molecule has 3 N–H and O–H groups in total. The van der Waals surface area contributed by atoms with Crippen LogP contribution in [-0.2, 0) is 9.84 Å². The highest BCUT2D eigenvalue weighted by atomic mass is 32.2. The summed E-state index contributed by atoms with van der Waals surface area (Å²) in [6, 6.07) is 3.53. The Morgan fingerprint density at radius 1 is 1.47 bits per heavy atom. The van der Waals surface area contributed by atoms with Gasteiger partial charge < -0.3 is 15.5 Å². The topological polar surface area (TPSA) is 98.2 Å². The molecule has 104 valence electrons. The van der Waals surface area contributed by atoms with Gasteiger partial charge in [-0.15, -0.1) is 0 Å². The maximum Gasteiger partial charge on any atom is 0.182 e. The molecule has 2 aromatic rings. The average Bonchev–Trinajstić information content (AvgIpc) is 2.84. The molecule has 0 aliphatic heterocycles. The van der Waals surface area contributed by atoms with Gasteiger partial charge in [0.1, 0.15) is 21.4 Å². The SMILES string of the molecule is Cc1ccc(C(C)Nc2snc(N)c2S(C)(=O)=O)o1. The first-order valence-corrected chi connectivity index (χ1v) is 8.23. The Morgan fingerprint density at radius 2 is 2.16 bits per heavy atom. The first-order chi connectivity index (χ1) is 8.79. The molecular weight excluding hydrogens is 286 g/mol. The predicted octanol–water partition coefficient (Wildman–Crippen LogP) is 2.20. The van der Waals surface area contributed by atoms with E-state index in [-0.39, 0.29) is 16.8 Å². The fourth-order valence-corrected chi connectivity index (χ4v) is 3.84. The summed E-state index contributed by atoms with van der Waals surface area (Å²) in [5.74, 6) is 1.55. The number of nitrogens with two attached hydrogens (primary N) is 1. The molecule has 0 fully saturated rings. The minimum Gasteiger partial charge on any atom is -0.464 e. The van der Waals surface area contributed by atoms with Crippen LogP contribution in [0.3, 0.4) is 0 Å². The lowest BCUT2D eigenvalue weighted by Crippen LogP contribution is -2.09. The Labute approximate surface area is 115 Å². The maximum atomic E-state index is 11.7. The van der Waals surface area contributed by atoms with E-state index >= 15 is 0 Å². The smallest absolute Gasteiger partial charge is 0.182 e. The number of anilines is 2. The fraction of sp³-hybridized carbons (Fsp3) is 0.364. The predicted molar refractivity (Wildman–Crippen MR) is 75.1 cm³/mol. The Balaban J connectivity index is 2.30. The molecule has 0 bridgehead atoms. The molecule has 19 heavy (non-hydrogen) atoms. The van der Waals surface area contributed by atoms with Crippen LogP contribution in [0.4, 0.5) is 10.8 Å². The molecule has 1 atom stereocenters. The van der Waals surface area contributed by atoms with Crippen LogP contribution >= 0.6 is 11.5 Å². The lowest BCUT2D eigenvalue weighted by Gasteiger charge is -2.12. The number of aromatic nitrogens is 1. The van der Waals surface area contributed by atoms with E-state index in [1.54, 1.807) is 0 Å². The minimum absolute atomic E-state index is 0.0258. The molecule has 2 aromatic heterocycles. The first kappa shape index (κ1) is 13.9. The summed E-state index contributed by atoms with van der Waals surface area (Å²) < 4.78 is 32.7. The zero-order chi connectivity index (χ0) is 14.2. The van der Waals surface area contributed by atoms with E-state index in [2.05, 4.69) is 9.69 Å². The van der Waals surface area contributed by atoms with Crippen molar-refractivity contribution in [2.45, 2.75) is 24.8 Å². The van der Waals surface area contributed by atoms with E-state index in [0.29, 0.717) is 5.00 Å². The molecule has 0 saturated heterocycles. The number of aryl methyl sites for hydroxylation is 1. The van der Waals surface area contributed by atoms with Crippen LogP contribution in [0.15, 0.2) is 21.4 Å². The third-order valence-corrected chi connectivity index (χ3v) is 4.66. The highest BCUT2D eigenvalue weighted by Crippen LogP contribution is 2.34. The number of nitrogen functional groups attached to an aromatic ring is 1. The molecule has 0 radical (unpaired) electrons. The van der Waals surface area contributed by atoms with Crippen molar-refractivity contribution in [1.82, 2.24) is 4.37 Å². The second kappa shape index (κ2) is 4.86. The third-order valence-electron chi connectivity index (χ3n) is 2.58. The van der Waals surface area contributed by atoms with Crippen molar-refractivity contribution in [1.29, 1.82) is 0 Å². The van der Waals surface area contributed by atoms with Crippen molar-refractivity contribution in [3.63, 3.8) is 0 Å². The molecule has 0 aliphatic rings. The van der Waals surface area contributed by atoms with Crippen LogP contribution < -0.4 is 11.1 Å². The fourth-order valence-electron chi connectivity index (χ4n) is 1.70. The van der Waals surface area contributed by atoms with Gasteiger partial charge in [0, 0.05) is 6.26 Å². The molecule has 0 spiro atoms. The number of furan rings is 1. The molecule has 6 nitrogen and oxygen atoms in total. The highest BCUT2D eigenvalue weighted by molar-refractivity contribution is 7.91. The Morgan fingerprint density at radius 3 is 2.68 bits per heavy atom. The van der Waals surface area contributed by atoms with Crippen LogP contribution in [0.2, 0.25) is 0 Å². The van der Waals surface area contributed by atoms with Crippen molar-refractivity contribution in [3.05, 3.63) is 23.7 Å². The van der Waals surface area contributed by atoms with Gasteiger partial charge in [-0.25, -0.2) is 8.42 Å². The number of nitrogens with zero attached hydrogens (tertiary/aromatic N) is 1. The van der Waals surface area contributed by atoms with Crippen molar-refractivity contribution >= 4 is 32.2 Å². The van der Waals surface area contributed by atoms with Crippen molar-refractivity contribution < 1.29 is 12.8 Å². The van der Waals surface area contributed by atoms with Gasteiger partial charge in [-0.1, -0.05) is 0 Å². The highest BCUT2D eigenvalue weighted by Gasteiger charge is 2.23. The molecule has 0 saturated carbocycles. The van der Waals surface area contributed by atoms with Crippen molar-refractivity contribution in [3.8, 4) is 0 Å². The molecule has 0 amide bonds. The van der Waals surface area contributed by atoms with E-state index in [1.807, 2.05) is 26.0 Å². The molecule has 8 heteroatoms. The standard InChI is InChI=1S/C11H15N3O3S2/c1-6-4-5-8(17-6)7(2)13-11-9(19(3,15)16)10(12)14-18-11/h4-5,7,13H,1-3H3,(H2,12,14). The number of nitrogens with one attached hydrogen (secondary N) is 1. The lowest BCUT2D eigenvalue weighted by atomic mass is 10.2. The van der Waals surface area contributed by atoms with Crippen LogP contribution in [0.5, 0.6) is 0 Å². The van der Waals surface area contributed by atoms with Gasteiger partial charge in [0.25, 0.3) is 0 Å². The summed E-state index contributed by atoms with van der Waals surface area (Å²) in [7, 11) is -3.41. The second-order valence-corrected chi connectivity index (χ2v) is 7.04. The Kier molecular flexibility index (Phi) is 3.55. The van der Waals surface area contributed by atoms with Gasteiger partial charge >= 0.3 is 0 Å². The number of sulfone groups is 1. The van der Waals surface area contributed by atoms with Crippen LogP contribution in [0, 0.1) is 6.92 Å². The Hall–Kier alpha value is -1.54. The molecule has 1 unspecified atom stereocenters. The summed E-state index contributed by atoms with van der Waals surface area (Å²) in [5.41, 5.74) is 5.60. The third kappa shape index (κ3) is 2.90. The number of hydrogen-bond donors (Lipinski definition) is 2. The van der Waals surface area contributed by atoms with Crippen LogP contribution in [0.25, 0.3) is 0 Å². The summed E-state index contributed by atoms with van der Waals surface area (Å²) in [5, 5.41) is 3.50. The molecular formula is C11H15N3O3S2. The molecule has 2 rings (SSSR count). The summed E-state index contributed by atoms with van der Waals surface area (Å²) >= 11 is 1.03. The monoisotopic (exact) mass is 301 g/mol. The first-order valence-electron chi connectivity index (χ1n) is 5.57. The summed E-state index contributed by atoms with van der Waals surface area (Å²) in [6.07, 6.45) is 1.11. The zero-order valence-electron chi connectivity index (χ0n) is 10.8. The van der Waals surface area contributed by atoms with E-state index < -0.39 is 9.84 Å². The van der Waals surface area contributed by atoms with Gasteiger partial charge in [0.2, 0.25) is 0 Å². The molecule has 2 heterocycles. The van der Waals surface area contributed by atoms with E-state index in [9.17, 15) is 8.42 Å². The Bertz CT molecular complexity index is 688. The number of rotatable bonds is 4. The van der Waals surface area contributed by atoms with Gasteiger partial charge in [-0.05, 0) is 37.5 Å². The van der Waals surface area contributed by atoms with E-state index in [4.69, 9.17) is 10.2 Å². The van der Waals surface area contributed by atoms with Crippen molar-refractivity contribution in [2.75, 3.05) is 17.3 Å². The van der Waals surface area contributed by atoms with Gasteiger partial charge in [-0.2, -0.15) is 4.37 Å². The summed E-state index contributed by atoms with van der Waals surface area (Å²) in [6.45, 7) is 3.73. The van der Waals surface area contributed by atoms with Gasteiger partial charge in [0.05, 0.1) is 6.04 Å². The van der Waals surface area contributed by atoms with E-state index in [0.717, 1.165) is 29.3 Å².